The molecule has 0 saturated heterocycles. The first-order valence-electron chi connectivity index (χ1n) is 6.65. The van der Waals surface area contributed by atoms with Gasteiger partial charge in [0, 0.05) is 10.1 Å². The Balaban J connectivity index is 2.19. The summed E-state index contributed by atoms with van der Waals surface area (Å²) in [6.07, 6.45) is 0. The van der Waals surface area contributed by atoms with Crippen molar-refractivity contribution in [2.24, 2.45) is 5.14 Å². The SMILES string of the molecule is COc1cc(I)c(Cl)cc1C(=O)NCc1cccc(S(N)(=O)=O)c1. The van der Waals surface area contributed by atoms with Crippen molar-refractivity contribution in [3.05, 3.63) is 56.1 Å². The molecule has 0 aromatic heterocycles. The Labute approximate surface area is 158 Å². The largest absolute Gasteiger partial charge is 0.496 e. The van der Waals surface area contributed by atoms with Crippen molar-refractivity contribution >= 4 is 50.1 Å². The molecule has 2 aromatic rings. The summed E-state index contributed by atoms with van der Waals surface area (Å²) in [6.45, 7) is 0.134. The standard InChI is InChI=1S/C15H14ClIN2O4S/c1-23-14-7-13(17)12(16)6-11(14)15(20)19-8-9-3-2-4-10(5-9)24(18,21)22/h2-7H,8H2,1H3,(H,19,20)(H2,18,21,22). The van der Waals surface area contributed by atoms with E-state index in [4.69, 9.17) is 21.5 Å². The molecule has 24 heavy (non-hydrogen) atoms. The van der Waals surface area contributed by atoms with Crippen LogP contribution in [0.15, 0.2) is 41.3 Å². The first-order chi connectivity index (χ1) is 11.2. The molecule has 0 radical (unpaired) electrons. The minimum absolute atomic E-state index is 0.0101. The van der Waals surface area contributed by atoms with E-state index in [1.54, 1.807) is 18.2 Å². The number of primary sulfonamides is 1. The molecule has 6 nitrogen and oxygen atoms in total. The third kappa shape index (κ3) is 4.59. The van der Waals surface area contributed by atoms with E-state index < -0.39 is 10.0 Å². The molecule has 0 aliphatic heterocycles. The van der Waals surface area contributed by atoms with Crippen LogP contribution in [0.1, 0.15) is 15.9 Å². The fourth-order valence-corrected chi connectivity index (χ4v) is 3.17. The number of hydrogen-bond donors (Lipinski definition) is 2. The fraction of sp³-hybridized carbons (Fsp3) is 0.133. The lowest BCUT2D eigenvalue weighted by atomic mass is 10.1. The summed E-state index contributed by atoms with van der Waals surface area (Å²) < 4.78 is 28.7. The number of nitrogens with one attached hydrogen (secondary N) is 1. The number of amides is 1. The Kier molecular flexibility index (Phi) is 6.07. The smallest absolute Gasteiger partial charge is 0.255 e. The second-order valence-electron chi connectivity index (χ2n) is 4.84. The first-order valence-corrected chi connectivity index (χ1v) is 9.65. The zero-order valence-corrected chi connectivity index (χ0v) is 16.3. The maximum Gasteiger partial charge on any atom is 0.255 e. The summed E-state index contributed by atoms with van der Waals surface area (Å²) in [4.78, 5) is 12.3. The average molecular weight is 481 g/mol. The third-order valence-electron chi connectivity index (χ3n) is 3.17. The van der Waals surface area contributed by atoms with Crippen molar-refractivity contribution in [2.45, 2.75) is 11.4 Å². The van der Waals surface area contributed by atoms with Gasteiger partial charge in [-0.25, -0.2) is 13.6 Å². The molecule has 2 aromatic carbocycles. The van der Waals surface area contributed by atoms with Gasteiger partial charge < -0.3 is 10.1 Å². The predicted octanol–water partition coefficient (Wildman–Crippen LogP) is 2.53. The van der Waals surface area contributed by atoms with Crippen LogP contribution in [0.3, 0.4) is 0 Å². The molecule has 2 rings (SSSR count). The van der Waals surface area contributed by atoms with Gasteiger partial charge >= 0.3 is 0 Å². The molecule has 0 saturated carbocycles. The molecule has 0 aliphatic rings. The minimum Gasteiger partial charge on any atom is -0.496 e. The number of hydrogen-bond acceptors (Lipinski definition) is 4. The number of methoxy groups -OCH3 is 1. The number of ether oxygens (including phenoxy) is 1. The normalized spacial score (nSPS) is 11.2. The molecule has 0 bridgehead atoms. The van der Waals surface area contributed by atoms with Gasteiger partial charge in [-0.15, -0.1) is 0 Å². The number of nitrogens with two attached hydrogens (primary N) is 1. The summed E-state index contributed by atoms with van der Waals surface area (Å²) >= 11 is 8.09. The third-order valence-corrected chi connectivity index (χ3v) is 5.60. The van der Waals surface area contributed by atoms with Crippen LogP contribution in [-0.4, -0.2) is 21.4 Å². The van der Waals surface area contributed by atoms with Gasteiger partial charge in [-0.1, -0.05) is 23.7 Å². The second kappa shape index (κ2) is 7.68. The van der Waals surface area contributed by atoms with Crippen LogP contribution >= 0.6 is 34.2 Å². The molecule has 9 heteroatoms. The first kappa shape index (κ1) is 19.0. The van der Waals surface area contributed by atoms with E-state index in [9.17, 15) is 13.2 Å². The fourth-order valence-electron chi connectivity index (χ4n) is 1.98. The molecule has 0 unspecified atom stereocenters. The zero-order chi connectivity index (χ0) is 17.9. The minimum atomic E-state index is -3.79. The van der Waals surface area contributed by atoms with Gasteiger partial charge in [0.2, 0.25) is 10.0 Å². The second-order valence-corrected chi connectivity index (χ2v) is 7.97. The number of halogens is 2. The number of rotatable bonds is 5. The van der Waals surface area contributed by atoms with Crippen LogP contribution < -0.4 is 15.2 Å². The van der Waals surface area contributed by atoms with Gasteiger partial charge in [-0.2, -0.15) is 0 Å². The van der Waals surface area contributed by atoms with E-state index in [1.807, 2.05) is 22.6 Å². The van der Waals surface area contributed by atoms with Gasteiger partial charge in [0.25, 0.3) is 5.91 Å². The zero-order valence-electron chi connectivity index (χ0n) is 12.5. The Hall–Kier alpha value is -1.36. The van der Waals surface area contributed by atoms with Crippen LogP contribution in [0.2, 0.25) is 5.02 Å². The highest BCUT2D eigenvalue weighted by atomic mass is 127. The highest BCUT2D eigenvalue weighted by Crippen LogP contribution is 2.28. The molecule has 0 atom stereocenters. The topological polar surface area (TPSA) is 98.5 Å². The molecule has 0 aliphatic carbocycles. The Morgan fingerprint density at radius 3 is 2.67 bits per heavy atom. The van der Waals surface area contributed by atoms with Crippen molar-refractivity contribution in [1.82, 2.24) is 5.32 Å². The highest BCUT2D eigenvalue weighted by molar-refractivity contribution is 14.1. The highest BCUT2D eigenvalue weighted by Gasteiger charge is 2.15. The maximum atomic E-state index is 12.3. The lowest BCUT2D eigenvalue weighted by Gasteiger charge is -2.11. The van der Waals surface area contributed by atoms with E-state index in [1.165, 1.54) is 25.3 Å². The van der Waals surface area contributed by atoms with E-state index in [0.29, 0.717) is 21.9 Å². The molecular formula is C15H14ClIN2O4S. The summed E-state index contributed by atoms with van der Waals surface area (Å²) in [5.41, 5.74) is 0.899. The van der Waals surface area contributed by atoms with E-state index >= 15 is 0 Å². The molecule has 1 amide bonds. The Morgan fingerprint density at radius 2 is 2.04 bits per heavy atom. The predicted molar refractivity (Wildman–Crippen MR) is 99.7 cm³/mol. The van der Waals surface area contributed by atoms with E-state index in [0.717, 1.165) is 3.57 Å². The summed E-state index contributed by atoms with van der Waals surface area (Å²) in [5, 5.41) is 8.24. The molecular weight excluding hydrogens is 467 g/mol. The number of sulfonamides is 1. The molecule has 0 heterocycles. The molecule has 0 spiro atoms. The van der Waals surface area contributed by atoms with Crippen molar-refractivity contribution in [1.29, 1.82) is 0 Å². The van der Waals surface area contributed by atoms with E-state index in [-0.39, 0.29) is 17.3 Å². The number of carbonyl (C=O) groups excluding carboxylic acids is 1. The lowest BCUT2D eigenvalue weighted by Crippen LogP contribution is -2.23. The van der Waals surface area contributed by atoms with Crippen LogP contribution in [-0.2, 0) is 16.6 Å². The quantitative estimate of drug-likeness (QED) is 0.643. The summed E-state index contributed by atoms with van der Waals surface area (Å²) in [5.74, 6) is 0.0192. The Bertz CT molecular complexity index is 887. The van der Waals surface area contributed by atoms with Crippen LogP contribution in [0, 0.1) is 3.57 Å². The van der Waals surface area contributed by atoms with Crippen LogP contribution in [0.4, 0.5) is 0 Å². The van der Waals surface area contributed by atoms with Crippen molar-refractivity contribution < 1.29 is 17.9 Å². The van der Waals surface area contributed by atoms with Gasteiger partial charge in [0.05, 0.1) is 22.6 Å². The molecule has 0 fully saturated rings. The van der Waals surface area contributed by atoms with Crippen molar-refractivity contribution in [2.75, 3.05) is 7.11 Å². The molecule has 3 N–H and O–H groups in total. The van der Waals surface area contributed by atoms with Gasteiger partial charge in [0.15, 0.2) is 0 Å². The van der Waals surface area contributed by atoms with Crippen LogP contribution in [0.5, 0.6) is 5.75 Å². The summed E-state index contributed by atoms with van der Waals surface area (Å²) in [7, 11) is -2.32. The number of carbonyl (C=O) groups is 1. The number of benzene rings is 2. The average Bonchev–Trinajstić information content (AvgIpc) is 2.54. The monoisotopic (exact) mass is 480 g/mol. The molecule has 128 valence electrons. The van der Waals surface area contributed by atoms with Gasteiger partial charge in [-0.05, 0) is 52.4 Å². The van der Waals surface area contributed by atoms with Gasteiger partial charge in [-0.3, -0.25) is 4.79 Å². The van der Waals surface area contributed by atoms with Crippen molar-refractivity contribution in [3.63, 3.8) is 0 Å². The van der Waals surface area contributed by atoms with Crippen molar-refractivity contribution in [3.8, 4) is 5.75 Å². The Morgan fingerprint density at radius 1 is 1.33 bits per heavy atom. The van der Waals surface area contributed by atoms with Crippen LogP contribution in [0.25, 0.3) is 0 Å². The summed E-state index contributed by atoms with van der Waals surface area (Å²) in [6, 6.07) is 9.24. The van der Waals surface area contributed by atoms with E-state index in [2.05, 4.69) is 5.32 Å². The lowest BCUT2D eigenvalue weighted by molar-refractivity contribution is 0.0948. The maximum absolute atomic E-state index is 12.3. The van der Waals surface area contributed by atoms with Gasteiger partial charge in [0.1, 0.15) is 5.75 Å².